The van der Waals surface area contributed by atoms with E-state index in [2.05, 4.69) is 10.3 Å². The molecule has 1 aromatic heterocycles. The molecule has 2 aromatic rings. The van der Waals surface area contributed by atoms with Gasteiger partial charge in [-0.15, -0.1) is 0 Å². The highest BCUT2D eigenvalue weighted by Gasteiger charge is 2.24. The number of nitrogens with zero attached hydrogens (tertiary/aromatic N) is 1. The Hall–Kier alpha value is -1.97. The molecule has 0 aliphatic heterocycles. The van der Waals surface area contributed by atoms with Crippen molar-refractivity contribution in [1.29, 1.82) is 0 Å². The maximum atomic E-state index is 13.6. The van der Waals surface area contributed by atoms with E-state index in [1.807, 2.05) is 13.0 Å². The number of rotatable bonds is 3. The summed E-state index contributed by atoms with van der Waals surface area (Å²) in [6.45, 7) is 1.87. The molecule has 1 saturated carbocycles. The van der Waals surface area contributed by atoms with Crippen molar-refractivity contribution in [2.45, 2.75) is 51.0 Å². The Labute approximate surface area is 129 Å². The Morgan fingerprint density at radius 3 is 2.77 bits per heavy atom. The molecule has 1 heterocycles. The second-order valence-electron chi connectivity index (χ2n) is 6.03. The standard InChI is InChI=1S/C18H21FN2O/c1-2-18(22)21-14-6-3-12(4-7-14)15-9-10-20-17-8-5-13(19)11-16(15)17/h5,8-12,14H,2-4,6-7H2,1H3,(H,21,22). The van der Waals surface area contributed by atoms with Gasteiger partial charge in [0.1, 0.15) is 5.82 Å². The fraction of sp³-hybridized carbons (Fsp3) is 0.444. The molecule has 3 rings (SSSR count). The molecule has 0 saturated heterocycles. The number of benzene rings is 1. The van der Waals surface area contributed by atoms with E-state index in [0.717, 1.165) is 36.6 Å². The number of aromatic nitrogens is 1. The first-order valence-corrected chi connectivity index (χ1v) is 8.01. The van der Waals surface area contributed by atoms with Crippen molar-refractivity contribution < 1.29 is 9.18 Å². The van der Waals surface area contributed by atoms with E-state index in [1.165, 1.54) is 11.6 Å². The number of nitrogens with one attached hydrogen (secondary N) is 1. The second kappa shape index (κ2) is 6.42. The number of hydrogen-bond donors (Lipinski definition) is 1. The van der Waals surface area contributed by atoms with Crippen molar-refractivity contribution in [2.75, 3.05) is 0 Å². The third-order valence-corrected chi connectivity index (χ3v) is 4.59. The monoisotopic (exact) mass is 300 g/mol. The molecule has 0 radical (unpaired) electrons. The van der Waals surface area contributed by atoms with E-state index in [9.17, 15) is 9.18 Å². The van der Waals surface area contributed by atoms with Gasteiger partial charge >= 0.3 is 0 Å². The molecule has 0 spiro atoms. The van der Waals surface area contributed by atoms with Crippen LogP contribution in [-0.4, -0.2) is 16.9 Å². The van der Waals surface area contributed by atoms with Gasteiger partial charge in [0.15, 0.2) is 0 Å². The summed E-state index contributed by atoms with van der Waals surface area (Å²) in [5.41, 5.74) is 2.03. The number of pyridine rings is 1. The van der Waals surface area contributed by atoms with Crippen molar-refractivity contribution in [3.63, 3.8) is 0 Å². The predicted octanol–water partition coefficient (Wildman–Crippen LogP) is 3.93. The molecule has 1 aliphatic rings. The molecular formula is C18H21FN2O. The summed E-state index contributed by atoms with van der Waals surface area (Å²) in [4.78, 5) is 15.8. The maximum Gasteiger partial charge on any atom is 0.219 e. The third-order valence-electron chi connectivity index (χ3n) is 4.59. The topological polar surface area (TPSA) is 42.0 Å². The largest absolute Gasteiger partial charge is 0.353 e. The van der Waals surface area contributed by atoms with Crippen molar-refractivity contribution in [1.82, 2.24) is 10.3 Å². The van der Waals surface area contributed by atoms with Gasteiger partial charge in [-0.1, -0.05) is 6.92 Å². The lowest BCUT2D eigenvalue weighted by atomic mass is 9.80. The molecule has 1 amide bonds. The Morgan fingerprint density at radius 2 is 2.05 bits per heavy atom. The van der Waals surface area contributed by atoms with E-state index in [0.29, 0.717) is 12.3 Å². The third kappa shape index (κ3) is 3.11. The predicted molar refractivity (Wildman–Crippen MR) is 85.1 cm³/mol. The van der Waals surface area contributed by atoms with E-state index in [4.69, 9.17) is 0 Å². The van der Waals surface area contributed by atoms with Gasteiger partial charge in [-0.3, -0.25) is 9.78 Å². The number of carbonyl (C=O) groups is 1. The molecule has 1 aromatic carbocycles. The second-order valence-corrected chi connectivity index (χ2v) is 6.03. The Bertz CT molecular complexity index is 678. The van der Waals surface area contributed by atoms with Gasteiger partial charge < -0.3 is 5.32 Å². The molecule has 0 atom stereocenters. The Kier molecular flexibility index (Phi) is 4.36. The minimum absolute atomic E-state index is 0.125. The molecule has 3 nitrogen and oxygen atoms in total. The number of fused-ring (bicyclic) bond motifs is 1. The quantitative estimate of drug-likeness (QED) is 0.933. The zero-order valence-corrected chi connectivity index (χ0v) is 12.8. The summed E-state index contributed by atoms with van der Waals surface area (Å²) >= 11 is 0. The lowest BCUT2D eigenvalue weighted by Gasteiger charge is -2.30. The number of amides is 1. The molecule has 0 bridgehead atoms. The molecule has 22 heavy (non-hydrogen) atoms. The SMILES string of the molecule is CCC(=O)NC1CCC(c2ccnc3ccc(F)cc23)CC1. The fourth-order valence-corrected chi connectivity index (χ4v) is 3.37. The van der Waals surface area contributed by atoms with Gasteiger partial charge in [-0.25, -0.2) is 4.39 Å². The van der Waals surface area contributed by atoms with Gasteiger partial charge in [-0.2, -0.15) is 0 Å². The van der Waals surface area contributed by atoms with Crippen LogP contribution in [0.15, 0.2) is 30.5 Å². The summed E-state index contributed by atoms with van der Waals surface area (Å²) in [7, 11) is 0. The summed E-state index contributed by atoms with van der Waals surface area (Å²) in [6, 6.07) is 7.07. The molecular weight excluding hydrogens is 279 g/mol. The normalized spacial score (nSPS) is 21.7. The first kappa shape index (κ1) is 14.9. The van der Waals surface area contributed by atoms with Gasteiger partial charge in [0.2, 0.25) is 5.91 Å². The highest BCUT2D eigenvalue weighted by atomic mass is 19.1. The van der Waals surface area contributed by atoms with Gasteiger partial charge in [0.25, 0.3) is 0 Å². The van der Waals surface area contributed by atoms with Crippen LogP contribution in [0.5, 0.6) is 0 Å². The fourth-order valence-electron chi connectivity index (χ4n) is 3.37. The zero-order chi connectivity index (χ0) is 15.5. The average molecular weight is 300 g/mol. The molecule has 1 fully saturated rings. The van der Waals surface area contributed by atoms with Crippen LogP contribution in [0.3, 0.4) is 0 Å². The molecule has 0 unspecified atom stereocenters. The van der Waals surface area contributed by atoms with Crippen LogP contribution in [0.4, 0.5) is 4.39 Å². The van der Waals surface area contributed by atoms with Crippen molar-refractivity contribution in [3.05, 3.63) is 41.8 Å². The van der Waals surface area contributed by atoms with Gasteiger partial charge in [0, 0.05) is 24.0 Å². The summed E-state index contributed by atoms with van der Waals surface area (Å²) < 4.78 is 13.6. The van der Waals surface area contributed by atoms with E-state index in [-0.39, 0.29) is 17.8 Å². The van der Waals surface area contributed by atoms with E-state index in [1.54, 1.807) is 18.3 Å². The van der Waals surface area contributed by atoms with Crippen LogP contribution in [-0.2, 0) is 4.79 Å². The van der Waals surface area contributed by atoms with Crippen molar-refractivity contribution in [3.8, 4) is 0 Å². The van der Waals surface area contributed by atoms with Crippen LogP contribution in [0, 0.1) is 5.82 Å². The highest BCUT2D eigenvalue weighted by molar-refractivity contribution is 5.82. The number of hydrogen-bond acceptors (Lipinski definition) is 2. The van der Waals surface area contributed by atoms with Gasteiger partial charge in [0.05, 0.1) is 5.52 Å². The minimum Gasteiger partial charge on any atom is -0.353 e. The van der Waals surface area contributed by atoms with Crippen LogP contribution in [0.2, 0.25) is 0 Å². The lowest BCUT2D eigenvalue weighted by Crippen LogP contribution is -2.36. The summed E-state index contributed by atoms with van der Waals surface area (Å²) in [6.07, 6.45) is 6.34. The zero-order valence-electron chi connectivity index (χ0n) is 12.8. The number of carbonyl (C=O) groups excluding carboxylic acids is 1. The Balaban J connectivity index is 1.76. The first-order valence-electron chi connectivity index (χ1n) is 8.01. The van der Waals surface area contributed by atoms with Crippen LogP contribution >= 0.6 is 0 Å². The first-order chi connectivity index (χ1) is 10.7. The number of halogens is 1. The van der Waals surface area contributed by atoms with E-state index >= 15 is 0 Å². The lowest BCUT2D eigenvalue weighted by molar-refractivity contribution is -0.121. The van der Waals surface area contributed by atoms with Crippen LogP contribution in [0.25, 0.3) is 10.9 Å². The molecule has 4 heteroatoms. The summed E-state index contributed by atoms with van der Waals surface area (Å²) in [5, 5.41) is 4.00. The molecule has 116 valence electrons. The Morgan fingerprint density at radius 1 is 1.27 bits per heavy atom. The summed E-state index contributed by atoms with van der Waals surface area (Å²) in [5.74, 6) is 0.326. The maximum absolute atomic E-state index is 13.6. The molecule has 1 aliphatic carbocycles. The van der Waals surface area contributed by atoms with Crippen LogP contribution in [0.1, 0.15) is 50.5 Å². The van der Waals surface area contributed by atoms with Crippen molar-refractivity contribution >= 4 is 16.8 Å². The molecule has 1 N–H and O–H groups in total. The van der Waals surface area contributed by atoms with Gasteiger partial charge in [-0.05, 0) is 61.4 Å². The van der Waals surface area contributed by atoms with Crippen LogP contribution < -0.4 is 5.32 Å². The average Bonchev–Trinajstić information content (AvgIpc) is 2.55. The highest BCUT2D eigenvalue weighted by Crippen LogP contribution is 2.36. The van der Waals surface area contributed by atoms with Crippen molar-refractivity contribution in [2.24, 2.45) is 0 Å². The minimum atomic E-state index is -0.217. The smallest absolute Gasteiger partial charge is 0.219 e. The van der Waals surface area contributed by atoms with E-state index < -0.39 is 0 Å².